The van der Waals surface area contributed by atoms with Crippen LogP contribution >= 0.6 is 11.6 Å². The lowest BCUT2D eigenvalue weighted by molar-refractivity contribution is 0.418. The van der Waals surface area contributed by atoms with Crippen molar-refractivity contribution in [3.8, 4) is 0 Å². The Hall–Kier alpha value is -0.960. The Labute approximate surface area is 95.2 Å². The standard InChI is InChI=1S/C11H16ClN3/c1-11(2)3-4-15(7-11)10-9(12)5-8(13)6-14-10/h5-6H,3-4,7,13H2,1-2H3. The van der Waals surface area contributed by atoms with Crippen molar-refractivity contribution in [3.63, 3.8) is 0 Å². The fourth-order valence-electron chi connectivity index (χ4n) is 1.97. The lowest BCUT2D eigenvalue weighted by Gasteiger charge is -2.21. The first-order valence-corrected chi connectivity index (χ1v) is 5.52. The van der Waals surface area contributed by atoms with Crippen LogP contribution in [0.5, 0.6) is 0 Å². The summed E-state index contributed by atoms with van der Waals surface area (Å²) >= 11 is 6.12. The normalized spacial score (nSPS) is 19.5. The van der Waals surface area contributed by atoms with E-state index in [0.717, 1.165) is 18.9 Å². The van der Waals surface area contributed by atoms with E-state index in [0.29, 0.717) is 16.1 Å². The van der Waals surface area contributed by atoms with E-state index in [-0.39, 0.29) is 0 Å². The predicted molar refractivity (Wildman–Crippen MR) is 64.3 cm³/mol. The molecule has 0 bridgehead atoms. The fraction of sp³-hybridized carbons (Fsp3) is 0.545. The molecular formula is C11H16ClN3. The van der Waals surface area contributed by atoms with Crippen LogP contribution < -0.4 is 10.6 Å². The molecule has 2 rings (SSSR count). The van der Waals surface area contributed by atoms with E-state index in [1.54, 1.807) is 12.3 Å². The van der Waals surface area contributed by atoms with E-state index in [4.69, 9.17) is 17.3 Å². The van der Waals surface area contributed by atoms with Crippen molar-refractivity contribution >= 4 is 23.1 Å². The topological polar surface area (TPSA) is 42.2 Å². The van der Waals surface area contributed by atoms with Gasteiger partial charge in [-0.2, -0.15) is 0 Å². The first-order chi connectivity index (χ1) is 6.98. The second-order valence-electron chi connectivity index (χ2n) is 4.91. The number of anilines is 2. The number of pyridine rings is 1. The largest absolute Gasteiger partial charge is 0.397 e. The molecule has 0 unspecified atom stereocenters. The van der Waals surface area contributed by atoms with E-state index in [9.17, 15) is 0 Å². The van der Waals surface area contributed by atoms with Crippen LogP contribution in [0.15, 0.2) is 12.3 Å². The van der Waals surface area contributed by atoms with Crippen LogP contribution in [0.4, 0.5) is 11.5 Å². The minimum atomic E-state index is 0.354. The Morgan fingerprint density at radius 3 is 2.80 bits per heavy atom. The highest BCUT2D eigenvalue weighted by atomic mass is 35.5. The van der Waals surface area contributed by atoms with Gasteiger partial charge in [0.15, 0.2) is 0 Å². The molecule has 0 atom stereocenters. The van der Waals surface area contributed by atoms with Gasteiger partial charge < -0.3 is 10.6 Å². The van der Waals surface area contributed by atoms with Crippen molar-refractivity contribution in [2.45, 2.75) is 20.3 Å². The number of nitrogen functional groups attached to an aromatic ring is 1. The van der Waals surface area contributed by atoms with Gasteiger partial charge in [0.1, 0.15) is 5.82 Å². The molecule has 2 N–H and O–H groups in total. The van der Waals surface area contributed by atoms with Crippen LogP contribution in [0.2, 0.25) is 5.02 Å². The van der Waals surface area contributed by atoms with E-state index < -0.39 is 0 Å². The van der Waals surface area contributed by atoms with Crippen molar-refractivity contribution < 1.29 is 0 Å². The third-order valence-corrected chi connectivity index (χ3v) is 3.10. The number of aromatic nitrogens is 1. The Bertz CT molecular complexity index is 376. The van der Waals surface area contributed by atoms with Gasteiger partial charge >= 0.3 is 0 Å². The molecule has 82 valence electrons. The zero-order valence-corrected chi connectivity index (χ0v) is 9.88. The second kappa shape index (κ2) is 3.56. The number of halogens is 1. The van der Waals surface area contributed by atoms with Crippen LogP contribution in [-0.4, -0.2) is 18.1 Å². The van der Waals surface area contributed by atoms with Crippen molar-refractivity contribution in [2.75, 3.05) is 23.7 Å². The molecule has 0 radical (unpaired) electrons. The van der Waals surface area contributed by atoms with Gasteiger partial charge in [-0.1, -0.05) is 25.4 Å². The van der Waals surface area contributed by atoms with Crippen molar-refractivity contribution in [1.82, 2.24) is 4.98 Å². The molecule has 0 aromatic carbocycles. The summed E-state index contributed by atoms with van der Waals surface area (Å²) < 4.78 is 0. The first kappa shape index (κ1) is 10.6. The smallest absolute Gasteiger partial charge is 0.147 e. The SMILES string of the molecule is CC1(C)CCN(c2ncc(N)cc2Cl)C1. The molecule has 0 aliphatic carbocycles. The quantitative estimate of drug-likeness (QED) is 0.799. The summed E-state index contributed by atoms with van der Waals surface area (Å²) in [6.45, 7) is 6.55. The van der Waals surface area contributed by atoms with E-state index in [1.807, 2.05) is 0 Å². The van der Waals surface area contributed by atoms with Gasteiger partial charge in [0, 0.05) is 13.1 Å². The van der Waals surface area contributed by atoms with Gasteiger partial charge in [0.05, 0.1) is 16.9 Å². The molecule has 4 heteroatoms. The molecule has 1 aromatic rings. The Morgan fingerprint density at radius 2 is 2.27 bits per heavy atom. The van der Waals surface area contributed by atoms with Gasteiger partial charge in [-0.25, -0.2) is 4.98 Å². The second-order valence-corrected chi connectivity index (χ2v) is 5.32. The van der Waals surface area contributed by atoms with Gasteiger partial charge in [0.25, 0.3) is 0 Å². The number of hydrogen-bond acceptors (Lipinski definition) is 3. The summed E-state index contributed by atoms with van der Waals surface area (Å²) in [6, 6.07) is 1.76. The van der Waals surface area contributed by atoms with Crippen molar-refractivity contribution in [3.05, 3.63) is 17.3 Å². The average Bonchev–Trinajstić information content (AvgIpc) is 2.46. The number of nitrogens with two attached hydrogens (primary N) is 1. The molecule has 1 fully saturated rings. The average molecular weight is 226 g/mol. The summed E-state index contributed by atoms with van der Waals surface area (Å²) in [5.41, 5.74) is 6.58. The number of rotatable bonds is 1. The molecule has 1 aromatic heterocycles. The summed E-state index contributed by atoms with van der Waals surface area (Å²) in [7, 11) is 0. The molecule has 1 saturated heterocycles. The van der Waals surface area contributed by atoms with E-state index in [2.05, 4.69) is 23.7 Å². The molecule has 0 spiro atoms. The van der Waals surface area contributed by atoms with Crippen molar-refractivity contribution in [2.24, 2.45) is 5.41 Å². The molecule has 1 aliphatic heterocycles. The Balaban J connectivity index is 2.24. The zero-order valence-electron chi connectivity index (χ0n) is 9.13. The molecule has 2 heterocycles. The molecule has 3 nitrogen and oxygen atoms in total. The van der Waals surface area contributed by atoms with Crippen LogP contribution in [0.3, 0.4) is 0 Å². The van der Waals surface area contributed by atoms with Crippen LogP contribution in [0.1, 0.15) is 20.3 Å². The highest BCUT2D eigenvalue weighted by Crippen LogP contribution is 2.34. The highest BCUT2D eigenvalue weighted by Gasteiger charge is 2.30. The minimum absolute atomic E-state index is 0.354. The van der Waals surface area contributed by atoms with Crippen LogP contribution in [0, 0.1) is 5.41 Å². The van der Waals surface area contributed by atoms with Crippen molar-refractivity contribution in [1.29, 1.82) is 0 Å². The first-order valence-electron chi connectivity index (χ1n) is 5.14. The Morgan fingerprint density at radius 1 is 1.53 bits per heavy atom. The summed E-state index contributed by atoms with van der Waals surface area (Å²) in [5.74, 6) is 0.858. The molecule has 1 aliphatic rings. The number of hydrogen-bond donors (Lipinski definition) is 1. The zero-order chi connectivity index (χ0) is 11.1. The molecule has 15 heavy (non-hydrogen) atoms. The van der Waals surface area contributed by atoms with Crippen LogP contribution in [-0.2, 0) is 0 Å². The van der Waals surface area contributed by atoms with Gasteiger partial charge in [-0.15, -0.1) is 0 Å². The van der Waals surface area contributed by atoms with E-state index >= 15 is 0 Å². The molecular weight excluding hydrogens is 210 g/mol. The van der Waals surface area contributed by atoms with Gasteiger partial charge in [-0.05, 0) is 17.9 Å². The summed E-state index contributed by atoms with van der Waals surface area (Å²) in [4.78, 5) is 6.52. The van der Waals surface area contributed by atoms with E-state index in [1.165, 1.54) is 6.42 Å². The minimum Gasteiger partial charge on any atom is -0.397 e. The predicted octanol–water partition coefficient (Wildman–Crippen LogP) is 2.55. The maximum Gasteiger partial charge on any atom is 0.147 e. The molecule has 0 saturated carbocycles. The fourth-order valence-corrected chi connectivity index (χ4v) is 2.27. The molecule has 0 amide bonds. The lowest BCUT2D eigenvalue weighted by atomic mass is 9.93. The monoisotopic (exact) mass is 225 g/mol. The number of nitrogens with zero attached hydrogens (tertiary/aromatic N) is 2. The summed E-state index contributed by atoms with van der Waals surface area (Å²) in [6.07, 6.45) is 2.84. The third-order valence-electron chi connectivity index (χ3n) is 2.82. The summed E-state index contributed by atoms with van der Waals surface area (Å²) in [5, 5.41) is 0.646. The highest BCUT2D eigenvalue weighted by molar-refractivity contribution is 6.33. The maximum absolute atomic E-state index is 6.12. The van der Waals surface area contributed by atoms with Gasteiger partial charge in [-0.3, -0.25) is 0 Å². The lowest BCUT2D eigenvalue weighted by Crippen LogP contribution is -2.23. The van der Waals surface area contributed by atoms with Crippen LogP contribution in [0.25, 0.3) is 0 Å². The van der Waals surface area contributed by atoms with Gasteiger partial charge in [0.2, 0.25) is 0 Å². The third kappa shape index (κ3) is 2.17. The maximum atomic E-state index is 6.12. The Kier molecular flexibility index (Phi) is 2.51.